The number of hydrogen-bond donors (Lipinski definition) is 2. The van der Waals surface area contributed by atoms with Gasteiger partial charge in [0.05, 0.1) is 13.2 Å². The van der Waals surface area contributed by atoms with Crippen LogP contribution in [0.2, 0.25) is 0 Å². The van der Waals surface area contributed by atoms with E-state index >= 15 is 0 Å². The van der Waals surface area contributed by atoms with Crippen molar-refractivity contribution in [1.29, 1.82) is 0 Å². The van der Waals surface area contributed by atoms with E-state index in [1.165, 1.54) is 0 Å². The molecular weight excluding hydrogens is 318 g/mol. The van der Waals surface area contributed by atoms with Crippen LogP contribution in [0.3, 0.4) is 0 Å². The van der Waals surface area contributed by atoms with E-state index in [1.807, 2.05) is 6.92 Å². The minimum atomic E-state index is -0.199. The van der Waals surface area contributed by atoms with Gasteiger partial charge in [-0.3, -0.25) is 9.89 Å². The van der Waals surface area contributed by atoms with E-state index in [0.717, 1.165) is 58.1 Å². The van der Waals surface area contributed by atoms with E-state index in [4.69, 9.17) is 9.73 Å². The molecule has 1 fully saturated rings. The van der Waals surface area contributed by atoms with Crippen LogP contribution in [0, 0.1) is 0 Å². The molecule has 7 nitrogen and oxygen atoms in total. The highest BCUT2D eigenvalue weighted by molar-refractivity contribution is 5.80. The molecule has 1 rings (SSSR count). The highest BCUT2D eigenvalue weighted by atomic mass is 16.6. The normalized spacial score (nSPS) is 17.5. The molecule has 1 saturated heterocycles. The molecule has 0 aromatic heterocycles. The van der Waals surface area contributed by atoms with Crippen molar-refractivity contribution in [2.24, 2.45) is 4.99 Å². The van der Waals surface area contributed by atoms with Crippen LogP contribution in [0.5, 0.6) is 0 Å². The highest BCUT2D eigenvalue weighted by Crippen LogP contribution is 2.11. The molecule has 0 spiro atoms. The Morgan fingerprint density at radius 1 is 1.24 bits per heavy atom. The van der Waals surface area contributed by atoms with Crippen molar-refractivity contribution in [3.05, 3.63) is 0 Å². The Hall–Kier alpha value is -1.50. The zero-order valence-electron chi connectivity index (χ0n) is 16.7. The summed E-state index contributed by atoms with van der Waals surface area (Å²) < 4.78 is 5.07. The number of rotatable bonds is 8. The molecule has 2 N–H and O–H groups in total. The van der Waals surface area contributed by atoms with Crippen LogP contribution in [0.1, 0.15) is 47.5 Å². The number of guanidine groups is 1. The predicted octanol–water partition coefficient (Wildman–Crippen LogP) is 1.89. The maximum absolute atomic E-state index is 11.8. The summed E-state index contributed by atoms with van der Waals surface area (Å²) in [7, 11) is 0. The number of likely N-dealkylation sites (N-methyl/N-ethyl adjacent to an activating group) is 1. The standard InChI is InChI=1S/C18H37N5O2/c1-6-19-17(20-14-15(5)22(7-2)8-3)21-16-10-12-23(13-11-16)18(24)25-9-4/h15-16H,6-14H2,1-5H3,(H2,19,20,21). The number of likely N-dealkylation sites (tertiary alicyclic amines) is 1. The average Bonchev–Trinajstić information content (AvgIpc) is 2.61. The average molecular weight is 356 g/mol. The first kappa shape index (κ1) is 21.5. The number of carbonyl (C=O) groups excluding carboxylic acids is 1. The van der Waals surface area contributed by atoms with Gasteiger partial charge in [0.1, 0.15) is 0 Å². The molecule has 1 atom stereocenters. The van der Waals surface area contributed by atoms with Crippen LogP contribution >= 0.6 is 0 Å². The zero-order valence-corrected chi connectivity index (χ0v) is 16.7. The SMILES string of the molecule is CCNC(=NCC(C)N(CC)CC)NC1CCN(C(=O)OCC)CC1. The number of piperidine rings is 1. The molecule has 1 amide bonds. The second-order valence-corrected chi connectivity index (χ2v) is 6.39. The highest BCUT2D eigenvalue weighted by Gasteiger charge is 2.24. The van der Waals surface area contributed by atoms with Crippen LogP contribution < -0.4 is 10.6 Å². The quantitative estimate of drug-likeness (QED) is 0.514. The molecule has 1 aliphatic heterocycles. The van der Waals surface area contributed by atoms with Crippen LogP contribution in [-0.2, 0) is 4.74 Å². The predicted molar refractivity (Wildman–Crippen MR) is 103 cm³/mol. The number of amides is 1. The van der Waals surface area contributed by atoms with E-state index in [9.17, 15) is 4.79 Å². The second-order valence-electron chi connectivity index (χ2n) is 6.39. The van der Waals surface area contributed by atoms with Gasteiger partial charge in [-0.25, -0.2) is 4.79 Å². The summed E-state index contributed by atoms with van der Waals surface area (Å²) >= 11 is 0. The molecular formula is C18H37N5O2. The maximum Gasteiger partial charge on any atom is 0.409 e. The van der Waals surface area contributed by atoms with Crippen LogP contribution in [0.15, 0.2) is 4.99 Å². The molecule has 0 bridgehead atoms. The third kappa shape index (κ3) is 7.50. The summed E-state index contributed by atoms with van der Waals surface area (Å²) in [6.07, 6.45) is 1.62. The lowest BCUT2D eigenvalue weighted by Crippen LogP contribution is -2.50. The molecule has 0 aromatic rings. The number of nitrogens with zero attached hydrogens (tertiary/aromatic N) is 3. The molecule has 1 unspecified atom stereocenters. The summed E-state index contributed by atoms with van der Waals surface area (Å²) in [6, 6.07) is 0.767. The Morgan fingerprint density at radius 3 is 2.40 bits per heavy atom. The van der Waals surface area contributed by atoms with Gasteiger partial charge in [0, 0.05) is 31.7 Å². The monoisotopic (exact) mass is 355 g/mol. The fourth-order valence-corrected chi connectivity index (χ4v) is 3.12. The molecule has 0 saturated carbocycles. The number of hydrogen-bond acceptors (Lipinski definition) is 4. The van der Waals surface area contributed by atoms with E-state index in [-0.39, 0.29) is 6.09 Å². The zero-order chi connectivity index (χ0) is 18.7. The van der Waals surface area contributed by atoms with E-state index in [1.54, 1.807) is 4.90 Å². The summed E-state index contributed by atoms with van der Waals surface area (Å²) in [5.41, 5.74) is 0. The largest absolute Gasteiger partial charge is 0.450 e. The first-order valence-electron chi connectivity index (χ1n) is 9.76. The lowest BCUT2D eigenvalue weighted by Gasteiger charge is -2.32. The summed E-state index contributed by atoms with van der Waals surface area (Å²) in [6.45, 7) is 16.1. The first-order chi connectivity index (χ1) is 12.0. The van der Waals surface area contributed by atoms with Crippen molar-refractivity contribution >= 4 is 12.1 Å². The molecule has 1 aliphatic rings. The van der Waals surface area contributed by atoms with Crippen LogP contribution in [0.4, 0.5) is 4.79 Å². The first-order valence-corrected chi connectivity index (χ1v) is 9.76. The fraction of sp³-hybridized carbons (Fsp3) is 0.889. The lowest BCUT2D eigenvalue weighted by atomic mass is 10.1. The van der Waals surface area contributed by atoms with Gasteiger partial charge in [0.15, 0.2) is 5.96 Å². The number of ether oxygens (including phenoxy) is 1. The molecule has 146 valence electrons. The van der Waals surface area contributed by atoms with E-state index in [0.29, 0.717) is 18.7 Å². The molecule has 0 aliphatic carbocycles. The molecule has 7 heteroatoms. The Bertz CT molecular complexity index is 404. The van der Waals surface area contributed by atoms with Gasteiger partial charge in [0.2, 0.25) is 0 Å². The van der Waals surface area contributed by atoms with E-state index < -0.39 is 0 Å². The van der Waals surface area contributed by atoms with Gasteiger partial charge in [0.25, 0.3) is 0 Å². The number of aliphatic imine (C=N–C) groups is 1. The summed E-state index contributed by atoms with van der Waals surface area (Å²) in [5.74, 6) is 0.871. The minimum absolute atomic E-state index is 0.199. The van der Waals surface area contributed by atoms with Crippen molar-refractivity contribution in [3.8, 4) is 0 Å². The van der Waals surface area contributed by atoms with Gasteiger partial charge < -0.3 is 20.3 Å². The van der Waals surface area contributed by atoms with Crippen molar-refractivity contribution in [3.63, 3.8) is 0 Å². The second kappa shape index (κ2) is 12.0. The van der Waals surface area contributed by atoms with Crippen molar-refractivity contribution in [2.75, 3.05) is 45.9 Å². The third-order valence-electron chi connectivity index (χ3n) is 4.66. The number of carbonyl (C=O) groups is 1. The van der Waals surface area contributed by atoms with Gasteiger partial charge in [-0.1, -0.05) is 13.8 Å². The van der Waals surface area contributed by atoms with Crippen LogP contribution in [-0.4, -0.2) is 79.8 Å². The van der Waals surface area contributed by atoms with Gasteiger partial charge in [-0.2, -0.15) is 0 Å². The fourth-order valence-electron chi connectivity index (χ4n) is 3.12. The van der Waals surface area contributed by atoms with Gasteiger partial charge in [-0.15, -0.1) is 0 Å². The summed E-state index contributed by atoms with van der Waals surface area (Å²) in [5, 5.41) is 6.85. The molecule has 0 aromatic carbocycles. The Kier molecular flexibility index (Phi) is 10.3. The molecule has 1 heterocycles. The smallest absolute Gasteiger partial charge is 0.409 e. The van der Waals surface area contributed by atoms with Gasteiger partial charge in [-0.05, 0) is 46.7 Å². The Balaban J connectivity index is 2.50. The molecule has 0 radical (unpaired) electrons. The van der Waals surface area contributed by atoms with Crippen LogP contribution in [0.25, 0.3) is 0 Å². The van der Waals surface area contributed by atoms with E-state index in [2.05, 4.69) is 43.2 Å². The van der Waals surface area contributed by atoms with Gasteiger partial charge >= 0.3 is 6.09 Å². The van der Waals surface area contributed by atoms with Crippen molar-refractivity contribution in [2.45, 2.75) is 59.5 Å². The Labute approximate surface area is 153 Å². The minimum Gasteiger partial charge on any atom is -0.450 e. The Morgan fingerprint density at radius 2 is 1.88 bits per heavy atom. The maximum atomic E-state index is 11.8. The third-order valence-corrected chi connectivity index (χ3v) is 4.66. The lowest BCUT2D eigenvalue weighted by molar-refractivity contribution is 0.0963. The van der Waals surface area contributed by atoms with Crippen molar-refractivity contribution < 1.29 is 9.53 Å². The summed E-state index contributed by atoms with van der Waals surface area (Å²) in [4.78, 5) is 20.7. The topological polar surface area (TPSA) is 69.2 Å². The van der Waals surface area contributed by atoms with Crippen molar-refractivity contribution in [1.82, 2.24) is 20.4 Å². The number of nitrogens with one attached hydrogen (secondary N) is 2. The molecule has 25 heavy (non-hydrogen) atoms.